The molecule has 88 valence electrons. The van der Waals surface area contributed by atoms with E-state index >= 15 is 0 Å². The van der Waals surface area contributed by atoms with Crippen LogP contribution in [0.1, 0.15) is 34.6 Å². The van der Waals surface area contributed by atoms with Gasteiger partial charge in [0.25, 0.3) is 0 Å². The fourth-order valence-corrected chi connectivity index (χ4v) is 2.21. The highest BCUT2D eigenvalue weighted by Crippen LogP contribution is 2.20. The van der Waals surface area contributed by atoms with Crippen molar-refractivity contribution in [2.45, 2.75) is 46.7 Å². The van der Waals surface area contributed by atoms with E-state index in [1.54, 1.807) is 0 Å². The van der Waals surface area contributed by atoms with Gasteiger partial charge in [-0.05, 0) is 26.7 Å². The lowest BCUT2D eigenvalue weighted by molar-refractivity contribution is 0.0821. The number of nitrogens with zero attached hydrogens (tertiary/aromatic N) is 2. The van der Waals surface area contributed by atoms with Gasteiger partial charge in [0.1, 0.15) is 0 Å². The Labute approximate surface area is 94.9 Å². The Morgan fingerprint density at radius 2 is 1.80 bits per heavy atom. The molecule has 15 heavy (non-hydrogen) atoms. The zero-order chi connectivity index (χ0) is 11.6. The monoisotopic (exact) mass is 210 g/mol. The number of piperazine rings is 1. The first kappa shape index (κ1) is 12.6. The number of allylic oxidation sites excluding steroid dienone is 1. The largest absolute Gasteiger partial charge is 0.370 e. The van der Waals surface area contributed by atoms with Crippen LogP contribution in [0.4, 0.5) is 0 Å². The maximum Gasteiger partial charge on any atom is 0.0386 e. The van der Waals surface area contributed by atoms with Crippen molar-refractivity contribution in [2.75, 3.05) is 19.6 Å². The van der Waals surface area contributed by atoms with Crippen molar-refractivity contribution in [1.29, 1.82) is 0 Å². The average Bonchev–Trinajstić information content (AvgIpc) is 2.16. The van der Waals surface area contributed by atoms with Crippen molar-refractivity contribution in [3.8, 4) is 0 Å². The molecule has 0 N–H and O–H groups in total. The molecule has 1 fully saturated rings. The van der Waals surface area contributed by atoms with Crippen LogP contribution in [-0.4, -0.2) is 41.5 Å². The lowest BCUT2D eigenvalue weighted by Crippen LogP contribution is -2.53. The third-order valence-corrected chi connectivity index (χ3v) is 3.42. The minimum atomic E-state index is 0.568. The second-order valence-electron chi connectivity index (χ2n) is 5.28. The molecule has 1 saturated heterocycles. The molecule has 2 nitrogen and oxygen atoms in total. The summed E-state index contributed by atoms with van der Waals surface area (Å²) in [7, 11) is 0. The lowest BCUT2D eigenvalue weighted by atomic mass is 10.1. The maximum atomic E-state index is 4.21. The molecule has 0 saturated carbocycles. The van der Waals surface area contributed by atoms with Gasteiger partial charge in [-0.2, -0.15) is 0 Å². The molecule has 0 spiro atoms. The Bertz CT molecular complexity index is 221. The van der Waals surface area contributed by atoms with Crippen molar-refractivity contribution in [3.05, 3.63) is 12.3 Å². The van der Waals surface area contributed by atoms with E-state index in [0.29, 0.717) is 18.0 Å². The van der Waals surface area contributed by atoms with Gasteiger partial charge >= 0.3 is 0 Å². The van der Waals surface area contributed by atoms with Crippen molar-refractivity contribution in [3.63, 3.8) is 0 Å². The Morgan fingerprint density at radius 3 is 2.20 bits per heavy atom. The molecule has 0 aromatic rings. The molecule has 0 aromatic carbocycles. The van der Waals surface area contributed by atoms with Gasteiger partial charge in [-0.15, -0.1) is 0 Å². The van der Waals surface area contributed by atoms with Gasteiger partial charge in [0.15, 0.2) is 0 Å². The van der Waals surface area contributed by atoms with Gasteiger partial charge in [0.2, 0.25) is 0 Å². The van der Waals surface area contributed by atoms with Crippen molar-refractivity contribution in [1.82, 2.24) is 9.80 Å². The summed E-state index contributed by atoms with van der Waals surface area (Å²) in [6.45, 7) is 19.0. The molecule has 0 aromatic heterocycles. The van der Waals surface area contributed by atoms with Gasteiger partial charge in [0.05, 0.1) is 0 Å². The molecule has 0 aliphatic carbocycles. The van der Waals surface area contributed by atoms with Crippen molar-refractivity contribution < 1.29 is 0 Å². The van der Waals surface area contributed by atoms with Crippen molar-refractivity contribution in [2.24, 2.45) is 5.92 Å². The predicted octanol–water partition coefficient (Wildman–Crippen LogP) is 2.57. The number of hydrogen-bond donors (Lipinski definition) is 0. The normalized spacial score (nSPS) is 23.9. The first-order chi connectivity index (χ1) is 6.93. The predicted molar refractivity (Wildman–Crippen MR) is 66.9 cm³/mol. The summed E-state index contributed by atoms with van der Waals surface area (Å²) >= 11 is 0. The van der Waals surface area contributed by atoms with Gasteiger partial charge < -0.3 is 4.90 Å². The fourth-order valence-electron chi connectivity index (χ4n) is 2.21. The molecule has 1 aliphatic heterocycles. The summed E-state index contributed by atoms with van der Waals surface area (Å²) in [5.74, 6) is 0.568. The summed E-state index contributed by atoms with van der Waals surface area (Å²) < 4.78 is 0. The first-order valence-corrected chi connectivity index (χ1v) is 6.13. The molecule has 0 radical (unpaired) electrons. The third kappa shape index (κ3) is 2.97. The molecule has 1 aliphatic rings. The highest BCUT2D eigenvalue weighted by molar-refractivity contribution is 5.01. The van der Waals surface area contributed by atoms with E-state index in [0.717, 1.165) is 6.54 Å². The Kier molecular flexibility index (Phi) is 4.21. The van der Waals surface area contributed by atoms with E-state index in [-0.39, 0.29) is 0 Å². The summed E-state index contributed by atoms with van der Waals surface area (Å²) in [6.07, 6.45) is 0. The lowest BCUT2D eigenvalue weighted by Gasteiger charge is -2.44. The van der Waals surface area contributed by atoms with E-state index in [1.807, 2.05) is 0 Å². The third-order valence-electron chi connectivity index (χ3n) is 3.42. The zero-order valence-corrected chi connectivity index (χ0v) is 11.0. The SMILES string of the molecule is C=C(C(C)C)N1CCN(C(C)C)C[C@H]1C. The highest BCUT2D eigenvalue weighted by atomic mass is 15.3. The minimum Gasteiger partial charge on any atom is -0.370 e. The molecule has 2 heteroatoms. The van der Waals surface area contributed by atoms with Crippen LogP contribution in [-0.2, 0) is 0 Å². The summed E-state index contributed by atoms with van der Waals surface area (Å²) in [5.41, 5.74) is 1.30. The number of hydrogen-bond acceptors (Lipinski definition) is 2. The summed E-state index contributed by atoms with van der Waals surface area (Å²) in [5, 5.41) is 0. The first-order valence-electron chi connectivity index (χ1n) is 6.13. The van der Waals surface area contributed by atoms with Crippen LogP contribution < -0.4 is 0 Å². The van der Waals surface area contributed by atoms with E-state index in [1.165, 1.54) is 18.8 Å². The molecule has 0 bridgehead atoms. The van der Waals surface area contributed by atoms with E-state index < -0.39 is 0 Å². The van der Waals surface area contributed by atoms with Gasteiger partial charge in [0, 0.05) is 37.4 Å². The van der Waals surface area contributed by atoms with Crippen LogP contribution in [0.15, 0.2) is 12.3 Å². The van der Waals surface area contributed by atoms with Crippen LogP contribution in [0.3, 0.4) is 0 Å². The highest BCUT2D eigenvalue weighted by Gasteiger charge is 2.26. The van der Waals surface area contributed by atoms with Crippen LogP contribution in [0.25, 0.3) is 0 Å². The van der Waals surface area contributed by atoms with Crippen LogP contribution in [0.2, 0.25) is 0 Å². The average molecular weight is 210 g/mol. The molecule has 0 amide bonds. The minimum absolute atomic E-state index is 0.568. The molecule has 1 atom stereocenters. The fraction of sp³-hybridized carbons (Fsp3) is 0.846. The molecule has 0 unspecified atom stereocenters. The van der Waals surface area contributed by atoms with Crippen LogP contribution in [0.5, 0.6) is 0 Å². The second-order valence-corrected chi connectivity index (χ2v) is 5.28. The van der Waals surface area contributed by atoms with E-state index in [4.69, 9.17) is 0 Å². The van der Waals surface area contributed by atoms with Crippen molar-refractivity contribution >= 4 is 0 Å². The molecular weight excluding hydrogens is 184 g/mol. The van der Waals surface area contributed by atoms with E-state index in [2.05, 4.69) is 51.0 Å². The molecule has 1 rings (SSSR count). The van der Waals surface area contributed by atoms with Crippen LogP contribution >= 0.6 is 0 Å². The Morgan fingerprint density at radius 1 is 1.20 bits per heavy atom. The Hall–Kier alpha value is -0.500. The number of rotatable bonds is 3. The van der Waals surface area contributed by atoms with Gasteiger partial charge in [-0.3, -0.25) is 4.90 Å². The second kappa shape index (κ2) is 5.02. The maximum absolute atomic E-state index is 4.21. The quantitative estimate of drug-likeness (QED) is 0.706. The smallest absolute Gasteiger partial charge is 0.0386 e. The molecular formula is C13H26N2. The summed E-state index contributed by atoms with van der Waals surface area (Å²) in [4.78, 5) is 5.03. The topological polar surface area (TPSA) is 6.48 Å². The van der Waals surface area contributed by atoms with Gasteiger partial charge in [-0.25, -0.2) is 0 Å². The Balaban J connectivity index is 2.56. The molecule has 1 heterocycles. The zero-order valence-electron chi connectivity index (χ0n) is 11.0. The van der Waals surface area contributed by atoms with Crippen LogP contribution in [0, 0.1) is 5.92 Å². The standard InChI is InChI=1S/C13H26N2/c1-10(2)13(6)15-8-7-14(11(3)4)9-12(15)5/h10-12H,6-9H2,1-5H3/t12-/m1/s1. The summed E-state index contributed by atoms with van der Waals surface area (Å²) in [6, 6.07) is 1.28. The van der Waals surface area contributed by atoms with E-state index in [9.17, 15) is 0 Å². The van der Waals surface area contributed by atoms with Gasteiger partial charge in [-0.1, -0.05) is 20.4 Å².